The summed E-state index contributed by atoms with van der Waals surface area (Å²) in [5.74, 6) is -1.17. The lowest BCUT2D eigenvalue weighted by molar-refractivity contribution is -0.383. The summed E-state index contributed by atoms with van der Waals surface area (Å²) in [5, 5.41) is 26.1. The van der Waals surface area contributed by atoms with Crippen LogP contribution in [0.2, 0.25) is 0 Å². The number of rotatable bonds is 4. The van der Waals surface area contributed by atoms with E-state index in [0.717, 1.165) is 11.3 Å². The third-order valence-electron chi connectivity index (χ3n) is 2.47. The fourth-order valence-corrected chi connectivity index (χ4v) is 2.34. The summed E-state index contributed by atoms with van der Waals surface area (Å²) < 4.78 is 0. The van der Waals surface area contributed by atoms with Gasteiger partial charge in [-0.1, -0.05) is 12.1 Å². The number of hydrogen-bond donors (Lipinski definition) is 3. The molecule has 0 aliphatic carbocycles. The maximum Gasteiger partial charge on any atom is 0.338 e. The summed E-state index contributed by atoms with van der Waals surface area (Å²) in [4.78, 5) is 32.9. The van der Waals surface area contributed by atoms with Crippen molar-refractivity contribution < 1.29 is 19.6 Å². The average Bonchev–Trinajstić information content (AvgIpc) is 2.87. The second-order valence-electron chi connectivity index (χ2n) is 3.82. The molecule has 2 rings (SSSR count). The van der Waals surface area contributed by atoms with Gasteiger partial charge in [0, 0.05) is 6.07 Å². The Morgan fingerprint density at radius 3 is 2.57 bits per heavy atom. The number of urea groups is 1. The zero-order valence-corrected chi connectivity index (χ0v) is 11.2. The minimum atomic E-state index is -1.17. The van der Waals surface area contributed by atoms with Crippen LogP contribution in [0, 0.1) is 10.1 Å². The number of thiophene rings is 1. The molecule has 9 heteroatoms. The number of carbonyl (C=O) groups excluding carboxylic acids is 1. The molecule has 8 nitrogen and oxygen atoms in total. The number of nitro benzene ring substituents is 1. The summed E-state index contributed by atoms with van der Waals surface area (Å²) >= 11 is 1.04. The number of para-hydroxylation sites is 2. The van der Waals surface area contributed by atoms with E-state index in [-0.39, 0.29) is 21.9 Å². The molecule has 1 aromatic carbocycles. The molecule has 21 heavy (non-hydrogen) atoms. The summed E-state index contributed by atoms with van der Waals surface area (Å²) in [6, 6.07) is 6.25. The molecule has 0 aliphatic heterocycles. The molecule has 0 aliphatic rings. The number of hydrogen-bond acceptors (Lipinski definition) is 5. The van der Waals surface area contributed by atoms with E-state index >= 15 is 0 Å². The topological polar surface area (TPSA) is 122 Å². The number of nitrogens with zero attached hydrogens (tertiary/aromatic N) is 1. The van der Waals surface area contributed by atoms with Gasteiger partial charge in [-0.05, 0) is 17.5 Å². The van der Waals surface area contributed by atoms with Gasteiger partial charge in [0.2, 0.25) is 0 Å². The van der Waals surface area contributed by atoms with Crippen LogP contribution in [-0.2, 0) is 0 Å². The van der Waals surface area contributed by atoms with Gasteiger partial charge >= 0.3 is 12.0 Å². The summed E-state index contributed by atoms with van der Waals surface area (Å²) in [6.07, 6.45) is 0. The smallest absolute Gasteiger partial charge is 0.338 e. The maximum absolute atomic E-state index is 11.8. The first-order valence-electron chi connectivity index (χ1n) is 5.61. The lowest BCUT2D eigenvalue weighted by atomic mass is 10.3. The van der Waals surface area contributed by atoms with E-state index in [9.17, 15) is 19.7 Å². The zero-order chi connectivity index (χ0) is 15.4. The Hall–Kier alpha value is -2.94. The maximum atomic E-state index is 11.8. The molecule has 2 aromatic rings. The highest BCUT2D eigenvalue weighted by Crippen LogP contribution is 2.25. The van der Waals surface area contributed by atoms with Gasteiger partial charge < -0.3 is 10.4 Å². The van der Waals surface area contributed by atoms with Gasteiger partial charge in [-0.3, -0.25) is 15.4 Å². The fourth-order valence-electron chi connectivity index (χ4n) is 1.57. The number of aromatic carboxylic acids is 1. The number of amides is 2. The molecule has 0 unspecified atom stereocenters. The average molecular weight is 307 g/mol. The molecule has 3 N–H and O–H groups in total. The lowest BCUT2D eigenvalue weighted by Gasteiger charge is -2.07. The predicted molar refractivity (Wildman–Crippen MR) is 77.0 cm³/mol. The SMILES string of the molecule is O=C(Nc1ccccc1[N+](=O)[O-])Nc1sccc1C(=O)O. The van der Waals surface area contributed by atoms with E-state index in [2.05, 4.69) is 10.6 Å². The highest BCUT2D eigenvalue weighted by Gasteiger charge is 2.17. The minimum absolute atomic E-state index is 0.0217. The molecular weight excluding hydrogens is 298 g/mol. The highest BCUT2D eigenvalue weighted by molar-refractivity contribution is 7.14. The van der Waals surface area contributed by atoms with Gasteiger partial charge in [-0.15, -0.1) is 11.3 Å². The quantitative estimate of drug-likeness (QED) is 0.592. The normalized spacial score (nSPS) is 9.90. The molecule has 108 valence electrons. The number of nitro groups is 1. The van der Waals surface area contributed by atoms with Crippen molar-refractivity contribution in [3.8, 4) is 0 Å². The number of carboxylic acid groups (broad SMARTS) is 1. The van der Waals surface area contributed by atoms with Crippen LogP contribution in [0.3, 0.4) is 0 Å². The van der Waals surface area contributed by atoms with Crippen molar-refractivity contribution in [2.75, 3.05) is 10.6 Å². The van der Waals surface area contributed by atoms with Crippen molar-refractivity contribution >= 4 is 39.7 Å². The first kappa shape index (κ1) is 14.5. The van der Waals surface area contributed by atoms with Gasteiger partial charge in [0.15, 0.2) is 0 Å². The summed E-state index contributed by atoms with van der Waals surface area (Å²) in [7, 11) is 0. The van der Waals surface area contributed by atoms with Crippen LogP contribution in [0.5, 0.6) is 0 Å². The Kier molecular flexibility index (Phi) is 4.14. The van der Waals surface area contributed by atoms with Crippen LogP contribution in [0.4, 0.5) is 21.2 Å². The van der Waals surface area contributed by atoms with E-state index < -0.39 is 16.9 Å². The first-order valence-corrected chi connectivity index (χ1v) is 6.49. The van der Waals surface area contributed by atoms with Gasteiger partial charge in [0.1, 0.15) is 10.7 Å². The third kappa shape index (κ3) is 3.34. The Labute approximate surface area is 122 Å². The van der Waals surface area contributed by atoms with Crippen molar-refractivity contribution in [3.05, 3.63) is 51.4 Å². The van der Waals surface area contributed by atoms with Gasteiger partial charge in [-0.2, -0.15) is 0 Å². The highest BCUT2D eigenvalue weighted by atomic mass is 32.1. The van der Waals surface area contributed by atoms with Crippen LogP contribution < -0.4 is 10.6 Å². The number of benzene rings is 1. The van der Waals surface area contributed by atoms with Crippen LogP contribution in [-0.4, -0.2) is 22.0 Å². The van der Waals surface area contributed by atoms with Gasteiger partial charge in [-0.25, -0.2) is 9.59 Å². The fraction of sp³-hybridized carbons (Fsp3) is 0. The van der Waals surface area contributed by atoms with E-state index in [0.29, 0.717) is 0 Å². The van der Waals surface area contributed by atoms with E-state index in [1.165, 1.54) is 35.7 Å². The Morgan fingerprint density at radius 1 is 1.19 bits per heavy atom. The summed E-state index contributed by atoms with van der Waals surface area (Å²) in [6.45, 7) is 0. The van der Waals surface area contributed by atoms with Crippen molar-refractivity contribution in [1.82, 2.24) is 0 Å². The molecule has 1 heterocycles. The molecule has 2 amide bonds. The number of carbonyl (C=O) groups is 2. The standard InChI is InChI=1S/C12H9N3O5S/c16-11(17)7-5-6-21-10(7)14-12(18)13-8-3-1-2-4-9(8)15(19)20/h1-6H,(H,16,17)(H2,13,14,18). The predicted octanol–water partition coefficient (Wildman–Crippen LogP) is 3.00. The molecule has 0 spiro atoms. The monoisotopic (exact) mass is 307 g/mol. The summed E-state index contributed by atoms with van der Waals surface area (Å²) in [5.41, 5.74) is -0.275. The Bertz CT molecular complexity index is 712. The molecular formula is C12H9N3O5S. The first-order chi connectivity index (χ1) is 9.99. The molecule has 0 fully saturated rings. The van der Waals surface area contributed by atoms with Crippen molar-refractivity contribution in [3.63, 3.8) is 0 Å². The van der Waals surface area contributed by atoms with Crippen LogP contribution >= 0.6 is 11.3 Å². The Balaban J connectivity index is 2.14. The van der Waals surface area contributed by atoms with Crippen LogP contribution in [0.25, 0.3) is 0 Å². The molecule has 0 saturated carbocycles. The number of nitrogens with one attached hydrogen (secondary N) is 2. The van der Waals surface area contributed by atoms with E-state index in [4.69, 9.17) is 5.11 Å². The second kappa shape index (κ2) is 6.01. The van der Waals surface area contributed by atoms with Crippen LogP contribution in [0.15, 0.2) is 35.7 Å². The van der Waals surface area contributed by atoms with E-state index in [1.54, 1.807) is 0 Å². The van der Waals surface area contributed by atoms with E-state index in [1.807, 2.05) is 0 Å². The second-order valence-corrected chi connectivity index (χ2v) is 4.74. The van der Waals surface area contributed by atoms with Gasteiger partial charge in [0.25, 0.3) is 5.69 Å². The molecule has 0 bridgehead atoms. The molecule has 0 atom stereocenters. The third-order valence-corrected chi connectivity index (χ3v) is 3.30. The van der Waals surface area contributed by atoms with Crippen molar-refractivity contribution in [2.45, 2.75) is 0 Å². The minimum Gasteiger partial charge on any atom is -0.478 e. The van der Waals surface area contributed by atoms with Crippen molar-refractivity contribution in [2.24, 2.45) is 0 Å². The Morgan fingerprint density at radius 2 is 1.90 bits per heavy atom. The zero-order valence-electron chi connectivity index (χ0n) is 10.4. The molecule has 1 aromatic heterocycles. The number of anilines is 2. The lowest BCUT2D eigenvalue weighted by Crippen LogP contribution is -2.20. The molecule has 0 radical (unpaired) electrons. The number of carboxylic acids is 1. The van der Waals surface area contributed by atoms with Gasteiger partial charge in [0.05, 0.1) is 10.5 Å². The molecule has 0 saturated heterocycles. The largest absolute Gasteiger partial charge is 0.478 e. The van der Waals surface area contributed by atoms with Crippen LogP contribution in [0.1, 0.15) is 10.4 Å². The van der Waals surface area contributed by atoms with Crippen molar-refractivity contribution in [1.29, 1.82) is 0 Å².